The maximum atomic E-state index is 6.86. The number of para-hydroxylation sites is 1. The van der Waals surface area contributed by atoms with Gasteiger partial charge in [0.15, 0.2) is 0 Å². The lowest BCUT2D eigenvalue weighted by Gasteiger charge is -1.99. The second kappa shape index (κ2) is 2.34. The molecule has 1 aliphatic heterocycles. The van der Waals surface area contributed by atoms with E-state index in [9.17, 15) is 0 Å². The van der Waals surface area contributed by atoms with Gasteiger partial charge in [0.25, 0.3) is 0 Å². The lowest BCUT2D eigenvalue weighted by atomic mass is 10.1. The minimum absolute atomic E-state index is 0.639. The Hall–Kier alpha value is -1.38. The van der Waals surface area contributed by atoms with Crippen LogP contribution in [0, 0.1) is 5.53 Å². The van der Waals surface area contributed by atoms with E-state index < -0.39 is 0 Å². The SMILES string of the molecule is N=Nc1cccc2c1OCC2. The molecule has 0 unspecified atom stereocenters. The zero-order valence-electron chi connectivity index (χ0n) is 6.00. The molecule has 1 aliphatic rings. The van der Waals surface area contributed by atoms with Crippen LogP contribution in [0.25, 0.3) is 0 Å². The number of hydrogen-bond donors (Lipinski definition) is 1. The first kappa shape index (κ1) is 6.34. The van der Waals surface area contributed by atoms with Crippen molar-refractivity contribution < 1.29 is 4.74 Å². The number of fused-ring (bicyclic) bond motifs is 1. The molecule has 0 saturated heterocycles. The van der Waals surface area contributed by atoms with Gasteiger partial charge in [0.05, 0.1) is 6.61 Å². The van der Waals surface area contributed by atoms with E-state index in [0.717, 1.165) is 18.8 Å². The predicted molar refractivity (Wildman–Crippen MR) is 40.4 cm³/mol. The number of hydrogen-bond acceptors (Lipinski definition) is 3. The normalized spacial score (nSPS) is 13.8. The minimum atomic E-state index is 0.639. The Bertz CT molecular complexity index is 296. The molecule has 0 saturated carbocycles. The van der Waals surface area contributed by atoms with Crippen LogP contribution in [-0.2, 0) is 6.42 Å². The Morgan fingerprint density at radius 1 is 1.45 bits per heavy atom. The van der Waals surface area contributed by atoms with Crippen LogP contribution in [0.5, 0.6) is 5.75 Å². The van der Waals surface area contributed by atoms with Crippen LogP contribution in [0.1, 0.15) is 5.56 Å². The van der Waals surface area contributed by atoms with Crippen molar-refractivity contribution in [3.8, 4) is 5.75 Å². The summed E-state index contributed by atoms with van der Waals surface area (Å²) in [6.07, 6.45) is 0.943. The number of nitrogens with zero attached hydrogens (tertiary/aromatic N) is 1. The molecule has 0 spiro atoms. The summed E-state index contributed by atoms with van der Waals surface area (Å²) in [7, 11) is 0. The van der Waals surface area contributed by atoms with Crippen LogP contribution in [0.15, 0.2) is 23.3 Å². The van der Waals surface area contributed by atoms with Gasteiger partial charge >= 0.3 is 0 Å². The molecule has 56 valence electrons. The average Bonchev–Trinajstić information content (AvgIpc) is 2.50. The van der Waals surface area contributed by atoms with Crippen molar-refractivity contribution in [3.63, 3.8) is 0 Å². The van der Waals surface area contributed by atoms with Crippen molar-refractivity contribution in [1.82, 2.24) is 0 Å². The van der Waals surface area contributed by atoms with Crippen molar-refractivity contribution in [2.24, 2.45) is 5.11 Å². The van der Waals surface area contributed by atoms with Gasteiger partial charge in [0, 0.05) is 6.42 Å². The van der Waals surface area contributed by atoms with Crippen molar-refractivity contribution in [1.29, 1.82) is 5.53 Å². The van der Waals surface area contributed by atoms with E-state index in [2.05, 4.69) is 5.11 Å². The molecule has 3 heteroatoms. The summed E-state index contributed by atoms with van der Waals surface area (Å²) in [5.41, 5.74) is 8.66. The second-order valence-corrected chi connectivity index (χ2v) is 2.48. The fraction of sp³-hybridized carbons (Fsp3) is 0.250. The van der Waals surface area contributed by atoms with Gasteiger partial charge in [0.2, 0.25) is 0 Å². The van der Waals surface area contributed by atoms with Crippen molar-refractivity contribution in [2.75, 3.05) is 6.61 Å². The first-order valence-electron chi connectivity index (χ1n) is 3.54. The summed E-state index contributed by atoms with van der Waals surface area (Å²) < 4.78 is 5.31. The molecule has 3 nitrogen and oxygen atoms in total. The maximum Gasteiger partial charge on any atom is 0.150 e. The molecule has 2 rings (SSSR count). The van der Waals surface area contributed by atoms with Crippen LogP contribution < -0.4 is 4.74 Å². The zero-order chi connectivity index (χ0) is 7.68. The average molecular weight is 148 g/mol. The summed E-state index contributed by atoms with van der Waals surface area (Å²) in [6, 6.07) is 5.70. The molecule has 1 aromatic carbocycles. The molecular formula is C8H8N2O. The predicted octanol–water partition coefficient (Wildman–Crippen LogP) is 2.28. The summed E-state index contributed by atoms with van der Waals surface area (Å²) in [6.45, 7) is 0.724. The lowest BCUT2D eigenvalue weighted by Crippen LogP contribution is -1.86. The van der Waals surface area contributed by atoms with E-state index in [-0.39, 0.29) is 0 Å². The highest BCUT2D eigenvalue weighted by atomic mass is 16.5. The summed E-state index contributed by atoms with van der Waals surface area (Å²) in [5, 5.41) is 3.37. The van der Waals surface area contributed by atoms with Gasteiger partial charge in [-0.2, -0.15) is 5.11 Å². The first-order valence-corrected chi connectivity index (χ1v) is 3.54. The molecule has 0 aromatic heterocycles. The fourth-order valence-electron chi connectivity index (χ4n) is 1.29. The Labute approximate surface area is 64.5 Å². The maximum absolute atomic E-state index is 6.86. The van der Waals surface area contributed by atoms with Gasteiger partial charge in [-0.05, 0) is 11.6 Å². The molecule has 0 bridgehead atoms. The molecule has 1 heterocycles. The number of nitrogens with one attached hydrogen (secondary N) is 1. The van der Waals surface area contributed by atoms with E-state index in [1.165, 1.54) is 5.56 Å². The summed E-state index contributed by atoms with van der Waals surface area (Å²) in [5.74, 6) is 0.794. The number of rotatable bonds is 1. The third kappa shape index (κ3) is 0.888. The highest BCUT2D eigenvalue weighted by Gasteiger charge is 2.14. The molecule has 0 radical (unpaired) electrons. The van der Waals surface area contributed by atoms with E-state index in [0.29, 0.717) is 5.69 Å². The van der Waals surface area contributed by atoms with E-state index in [1.54, 1.807) is 6.07 Å². The van der Waals surface area contributed by atoms with Crippen molar-refractivity contribution in [3.05, 3.63) is 23.8 Å². The lowest BCUT2D eigenvalue weighted by molar-refractivity contribution is 0.357. The first-order chi connectivity index (χ1) is 5.42. The third-order valence-electron chi connectivity index (χ3n) is 1.81. The largest absolute Gasteiger partial charge is 0.491 e. The topological polar surface area (TPSA) is 45.4 Å². The van der Waals surface area contributed by atoms with Crippen molar-refractivity contribution >= 4 is 5.69 Å². The standard InChI is InChI=1S/C8H8N2O/c9-10-7-3-1-2-6-4-5-11-8(6)7/h1-3,9H,4-5H2. The van der Waals surface area contributed by atoms with Gasteiger partial charge in [-0.25, -0.2) is 5.53 Å². The highest BCUT2D eigenvalue weighted by molar-refractivity contribution is 5.56. The van der Waals surface area contributed by atoms with Crippen LogP contribution >= 0.6 is 0 Å². The van der Waals surface area contributed by atoms with Gasteiger partial charge in [-0.1, -0.05) is 12.1 Å². The number of ether oxygens (including phenoxy) is 1. The van der Waals surface area contributed by atoms with Gasteiger partial charge in [-0.3, -0.25) is 0 Å². The quantitative estimate of drug-likeness (QED) is 0.610. The molecule has 0 fully saturated rings. The zero-order valence-corrected chi connectivity index (χ0v) is 6.00. The van der Waals surface area contributed by atoms with E-state index in [4.69, 9.17) is 10.3 Å². The number of benzene rings is 1. The van der Waals surface area contributed by atoms with Crippen LogP contribution in [0.4, 0.5) is 5.69 Å². The van der Waals surface area contributed by atoms with Crippen LogP contribution in [0.3, 0.4) is 0 Å². The second-order valence-electron chi connectivity index (χ2n) is 2.48. The molecular weight excluding hydrogens is 140 g/mol. The van der Waals surface area contributed by atoms with Crippen LogP contribution in [0.2, 0.25) is 0 Å². The Morgan fingerprint density at radius 3 is 3.18 bits per heavy atom. The smallest absolute Gasteiger partial charge is 0.150 e. The summed E-state index contributed by atoms with van der Waals surface area (Å²) >= 11 is 0. The van der Waals surface area contributed by atoms with E-state index >= 15 is 0 Å². The van der Waals surface area contributed by atoms with Crippen molar-refractivity contribution in [2.45, 2.75) is 6.42 Å². The van der Waals surface area contributed by atoms with Gasteiger partial charge in [0.1, 0.15) is 11.4 Å². The Morgan fingerprint density at radius 2 is 2.36 bits per heavy atom. The highest BCUT2D eigenvalue weighted by Crippen LogP contribution is 2.34. The molecule has 0 atom stereocenters. The molecule has 1 aromatic rings. The summed E-state index contributed by atoms with van der Waals surface area (Å²) in [4.78, 5) is 0. The van der Waals surface area contributed by atoms with E-state index in [1.807, 2.05) is 12.1 Å². The van der Waals surface area contributed by atoms with Gasteiger partial charge < -0.3 is 4.74 Å². The Kier molecular flexibility index (Phi) is 1.35. The molecule has 0 aliphatic carbocycles. The molecule has 1 N–H and O–H groups in total. The Balaban J connectivity index is 2.58. The fourth-order valence-corrected chi connectivity index (χ4v) is 1.29. The van der Waals surface area contributed by atoms with Crippen LogP contribution in [-0.4, -0.2) is 6.61 Å². The molecule has 11 heavy (non-hydrogen) atoms. The minimum Gasteiger partial charge on any atom is -0.491 e. The monoisotopic (exact) mass is 148 g/mol. The molecule has 0 amide bonds. The van der Waals surface area contributed by atoms with Gasteiger partial charge in [-0.15, -0.1) is 0 Å². The third-order valence-corrected chi connectivity index (χ3v) is 1.81.